The lowest BCUT2D eigenvalue weighted by molar-refractivity contribution is 0.515. The maximum atomic E-state index is 13.3. The quantitative estimate of drug-likeness (QED) is 0.887. The topological polar surface area (TPSA) is 59.1 Å². The summed E-state index contributed by atoms with van der Waals surface area (Å²) in [5.74, 6) is -2.21. The minimum absolute atomic E-state index is 0.0822. The summed E-state index contributed by atoms with van der Waals surface area (Å²) in [5, 5.41) is 0. The number of nitrogens with one attached hydrogen (secondary N) is 1. The Bertz CT molecular complexity index is 726. The molecule has 0 atom stereocenters. The van der Waals surface area contributed by atoms with Crippen molar-refractivity contribution in [3.05, 3.63) is 39.8 Å². The zero-order valence-electron chi connectivity index (χ0n) is 10.1. The van der Waals surface area contributed by atoms with Crippen molar-refractivity contribution in [2.75, 3.05) is 4.72 Å². The van der Waals surface area contributed by atoms with Crippen molar-refractivity contribution in [3.8, 4) is 0 Å². The van der Waals surface area contributed by atoms with E-state index in [2.05, 4.69) is 9.71 Å². The average molecular weight is 304 g/mol. The fraction of sp³-hybridized carbons (Fsp3) is 0.182. The van der Waals surface area contributed by atoms with Crippen LogP contribution in [0.15, 0.2) is 23.1 Å². The molecular formula is C11H10F2N2O2S2. The second-order valence-electron chi connectivity index (χ2n) is 3.86. The van der Waals surface area contributed by atoms with E-state index in [0.29, 0.717) is 4.88 Å². The summed E-state index contributed by atoms with van der Waals surface area (Å²) in [6.07, 6.45) is 0. The van der Waals surface area contributed by atoms with Gasteiger partial charge < -0.3 is 0 Å². The molecule has 8 heteroatoms. The molecule has 0 saturated carbocycles. The lowest BCUT2D eigenvalue weighted by atomic mass is 10.4. The summed E-state index contributed by atoms with van der Waals surface area (Å²) in [4.78, 5) is 4.43. The highest BCUT2D eigenvalue weighted by molar-refractivity contribution is 7.93. The van der Waals surface area contributed by atoms with Crippen LogP contribution in [0.2, 0.25) is 0 Å². The first-order valence-electron chi connectivity index (χ1n) is 5.21. The normalized spacial score (nSPS) is 11.6. The molecule has 2 heterocycles. The number of pyridine rings is 1. The van der Waals surface area contributed by atoms with Crippen LogP contribution in [0, 0.1) is 25.7 Å². The molecular weight excluding hydrogens is 294 g/mol. The number of aryl methyl sites for hydroxylation is 2. The van der Waals surface area contributed by atoms with Crippen LogP contribution in [0.1, 0.15) is 9.75 Å². The zero-order chi connectivity index (χ0) is 14.2. The van der Waals surface area contributed by atoms with Crippen LogP contribution in [-0.2, 0) is 10.0 Å². The van der Waals surface area contributed by atoms with Gasteiger partial charge in [-0.1, -0.05) is 0 Å². The van der Waals surface area contributed by atoms with Gasteiger partial charge >= 0.3 is 0 Å². The Hall–Kier alpha value is -1.54. The number of rotatable bonds is 3. The van der Waals surface area contributed by atoms with Crippen LogP contribution < -0.4 is 4.72 Å². The van der Waals surface area contributed by atoms with Gasteiger partial charge in [0, 0.05) is 9.75 Å². The molecule has 0 aliphatic carbocycles. The molecule has 102 valence electrons. The second-order valence-corrected chi connectivity index (χ2v) is 6.97. The smallest absolute Gasteiger partial charge is 0.263 e. The number of anilines is 1. The molecule has 2 rings (SSSR count). The number of hydrogen-bond donors (Lipinski definition) is 1. The predicted octanol–water partition coefficient (Wildman–Crippen LogP) is 2.84. The molecule has 0 spiro atoms. The van der Waals surface area contributed by atoms with Crippen molar-refractivity contribution in [2.45, 2.75) is 18.7 Å². The van der Waals surface area contributed by atoms with Crippen molar-refractivity contribution in [1.29, 1.82) is 0 Å². The average Bonchev–Trinajstić information content (AvgIpc) is 2.63. The molecule has 19 heavy (non-hydrogen) atoms. The molecule has 0 aliphatic rings. The first-order valence-corrected chi connectivity index (χ1v) is 7.51. The minimum atomic E-state index is -3.90. The highest BCUT2D eigenvalue weighted by Crippen LogP contribution is 2.27. The number of halogens is 2. The van der Waals surface area contributed by atoms with Gasteiger partial charge in [-0.2, -0.15) is 13.8 Å². The maximum absolute atomic E-state index is 13.3. The van der Waals surface area contributed by atoms with Crippen molar-refractivity contribution in [3.63, 3.8) is 0 Å². The van der Waals surface area contributed by atoms with E-state index in [1.165, 1.54) is 17.4 Å². The van der Waals surface area contributed by atoms with Crippen molar-refractivity contribution < 1.29 is 17.2 Å². The molecule has 0 amide bonds. The highest BCUT2D eigenvalue weighted by atomic mass is 32.2. The Morgan fingerprint density at radius 1 is 1.26 bits per heavy atom. The van der Waals surface area contributed by atoms with E-state index in [4.69, 9.17) is 0 Å². The van der Waals surface area contributed by atoms with E-state index >= 15 is 0 Å². The molecule has 2 aromatic heterocycles. The van der Waals surface area contributed by atoms with Gasteiger partial charge in [0.25, 0.3) is 10.0 Å². The van der Waals surface area contributed by atoms with E-state index < -0.39 is 21.9 Å². The molecule has 0 aromatic carbocycles. The third kappa shape index (κ3) is 2.90. The van der Waals surface area contributed by atoms with E-state index in [0.717, 1.165) is 17.0 Å². The number of thiophene rings is 1. The third-order valence-corrected chi connectivity index (χ3v) is 4.93. The van der Waals surface area contributed by atoms with E-state index in [1.54, 1.807) is 13.8 Å². The van der Waals surface area contributed by atoms with Crippen LogP contribution in [0.4, 0.5) is 14.5 Å². The Balaban J connectivity index is 2.39. The largest absolute Gasteiger partial charge is 0.275 e. The van der Waals surface area contributed by atoms with E-state index in [9.17, 15) is 17.2 Å². The van der Waals surface area contributed by atoms with Crippen LogP contribution in [0.5, 0.6) is 0 Å². The first-order chi connectivity index (χ1) is 8.79. The van der Waals surface area contributed by atoms with Gasteiger partial charge in [0.1, 0.15) is 10.6 Å². The predicted molar refractivity (Wildman–Crippen MR) is 68.8 cm³/mol. The number of hydrogen-bond acceptors (Lipinski definition) is 4. The summed E-state index contributed by atoms with van der Waals surface area (Å²) in [7, 11) is -3.90. The second kappa shape index (κ2) is 4.86. The fourth-order valence-electron chi connectivity index (χ4n) is 1.56. The van der Waals surface area contributed by atoms with Crippen molar-refractivity contribution in [1.82, 2.24) is 4.98 Å². The van der Waals surface area contributed by atoms with Gasteiger partial charge in [-0.15, -0.1) is 11.3 Å². The SMILES string of the molecule is Cc1cc(S(=O)(=O)Nc2ccc(F)nc2F)c(C)s1. The summed E-state index contributed by atoms with van der Waals surface area (Å²) >= 11 is 1.32. The monoisotopic (exact) mass is 304 g/mol. The Kier molecular flexibility index (Phi) is 3.55. The molecule has 0 unspecified atom stereocenters. The Labute approximate surface area is 113 Å². The molecule has 1 N–H and O–H groups in total. The summed E-state index contributed by atoms with van der Waals surface area (Å²) in [5.41, 5.74) is -0.385. The lowest BCUT2D eigenvalue weighted by Gasteiger charge is -2.07. The van der Waals surface area contributed by atoms with Crippen molar-refractivity contribution in [2.24, 2.45) is 0 Å². The van der Waals surface area contributed by atoms with Crippen LogP contribution in [0.25, 0.3) is 0 Å². The summed E-state index contributed by atoms with van der Waals surface area (Å²) in [6.45, 7) is 3.43. The molecule has 0 radical (unpaired) electrons. The first kappa shape index (κ1) is 13.9. The van der Waals surface area contributed by atoms with Gasteiger partial charge in [-0.3, -0.25) is 4.72 Å². The molecule has 4 nitrogen and oxygen atoms in total. The molecule has 0 bridgehead atoms. The van der Waals surface area contributed by atoms with Gasteiger partial charge in [-0.05, 0) is 32.0 Å². The number of sulfonamides is 1. The summed E-state index contributed by atoms with van der Waals surface area (Å²) in [6, 6.07) is 3.37. The van der Waals surface area contributed by atoms with E-state index in [1.807, 2.05) is 0 Å². The van der Waals surface area contributed by atoms with Crippen LogP contribution >= 0.6 is 11.3 Å². The summed E-state index contributed by atoms with van der Waals surface area (Å²) < 4.78 is 52.2. The molecule has 0 aliphatic heterocycles. The lowest BCUT2D eigenvalue weighted by Crippen LogP contribution is -2.14. The zero-order valence-corrected chi connectivity index (χ0v) is 11.7. The molecule has 0 saturated heterocycles. The number of nitrogens with zero attached hydrogens (tertiary/aromatic N) is 1. The minimum Gasteiger partial charge on any atom is -0.275 e. The maximum Gasteiger partial charge on any atom is 0.263 e. The van der Waals surface area contributed by atoms with Gasteiger partial charge in [0.15, 0.2) is 0 Å². The van der Waals surface area contributed by atoms with Crippen LogP contribution in [-0.4, -0.2) is 13.4 Å². The highest BCUT2D eigenvalue weighted by Gasteiger charge is 2.21. The molecule has 0 fully saturated rings. The Morgan fingerprint density at radius 3 is 2.47 bits per heavy atom. The van der Waals surface area contributed by atoms with Gasteiger partial charge in [-0.25, -0.2) is 8.42 Å². The van der Waals surface area contributed by atoms with Gasteiger partial charge in [0.05, 0.1) is 0 Å². The van der Waals surface area contributed by atoms with Crippen molar-refractivity contribution >= 4 is 27.0 Å². The van der Waals surface area contributed by atoms with Crippen LogP contribution in [0.3, 0.4) is 0 Å². The van der Waals surface area contributed by atoms with Gasteiger partial charge in [0.2, 0.25) is 11.9 Å². The molecule has 2 aromatic rings. The third-order valence-electron chi connectivity index (χ3n) is 2.34. The number of aromatic nitrogens is 1. The fourth-order valence-corrected chi connectivity index (χ4v) is 4.17. The Morgan fingerprint density at radius 2 is 1.95 bits per heavy atom. The van der Waals surface area contributed by atoms with E-state index in [-0.39, 0.29) is 10.6 Å². The standard InChI is InChI=1S/C11H10F2N2O2S2/c1-6-5-9(7(2)18-6)19(16,17)15-8-3-4-10(12)14-11(8)13/h3-5,15H,1-2H3.